The Labute approximate surface area is 70.6 Å². The van der Waals surface area contributed by atoms with Gasteiger partial charge in [0, 0.05) is 0 Å². The van der Waals surface area contributed by atoms with Crippen molar-refractivity contribution >= 4 is 15.3 Å². The van der Waals surface area contributed by atoms with Crippen molar-refractivity contribution in [3.8, 4) is 0 Å². The van der Waals surface area contributed by atoms with Gasteiger partial charge in [0.05, 0.1) is 6.61 Å². The van der Waals surface area contributed by atoms with Crippen molar-refractivity contribution in [2.24, 2.45) is 0 Å². The van der Waals surface area contributed by atoms with Gasteiger partial charge in [-0.05, 0) is 24.7 Å². The van der Waals surface area contributed by atoms with E-state index >= 15 is 0 Å². The van der Waals surface area contributed by atoms with Crippen LogP contribution in [-0.2, 0) is 4.74 Å². The highest BCUT2D eigenvalue weighted by Gasteiger charge is 2.26. The quantitative estimate of drug-likeness (QED) is 0.608. The standard InChI is InChI=1S/C8H18O2S/c1-6-10-8(9)11(4,5)7(2)3/h7H,6H2,1-5H3. The van der Waals surface area contributed by atoms with Gasteiger partial charge in [-0.2, -0.15) is 0 Å². The summed E-state index contributed by atoms with van der Waals surface area (Å²) < 4.78 is 4.97. The van der Waals surface area contributed by atoms with Crippen LogP contribution < -0.4 is 0 Å². The Kier molecular flexibility index (Phi) is 3.93. The van der Waals surface area contributed by atoms with E-state index < -0.39 is 10.0 Å². The first-order valence-corrected chi connectivity index (χ1v) is 6.33. The molecule has 0 aromatic heterocycles. The zero-order chi connectivity index (χ0) is 9.07. The van der Waals surface area contributed by atoms with Gasteiger partial charge in [-0.3, -0.25) is 0 Å². The second-order valence-electron chi connectivity index (χ2n) is 3.14. The van der Waals surface area contributed by atoms with Gasteiger partial charge in [0.1, 0.15) is 0 Å². The Bertz CT molecular complexity index is 141. The highest BCUT2D eigenvalue weighted by molar-refractivity contribution is 8.44. The van der Waals surface area contributed by atoms with Crippen molar-refractivity contribution in [1.82, 2.24) is 0 Å². The summed E-state index contributed by atoms with van der Waals surface area (Å²) in [6.07, 6.45) is 3.99. The van der Waals surface area contributed by atoms with Crippen molar-refractivity contribution in [2.75, 3.05) is 19.1 Å². The summed E-state index contributed by atoms with van der Waals surface area (Å²) in [6, 6.07) is 0. The molecule has 0 aromatic carbocycles. The monoisotopic (exact) mass is 178 g/mol. The summed E-state index contributed by atoms with van der Waals surface area (Å²) in [5.41, 5.74) is 0. The largest absolute Gasteiger partial charge is 0.459 e. The molecule has 0 radical (unpaired) electrons. The maximum absolute atomic E-state index is 11.3. The average Bonchev–Trinajstić information content (AvgIpc) is 1.88. The molecule has 0 heterocycles. The summed E-state index contributed by atoms with van der Waals surface area (Å²) in [6.45, 7) is 6.45. The van der Waals surface area contributed by atoms with E-state index in [4.69, 9.17) is 4.74 Å². The predicted molar refractivity (Wildman–Crippen MR) is 51.6 cm³/mol. The van der Waals surface area contributed by atoms with Crippen LogP contribution in [0.5, 0.6) is 0 Å². The van der Waals surface area contributed by atoms with Gasteiger partial charge in [0.2, 0.25) is 0 Å². The molecule has 0 spiro atoms. The lowest BCUT2D eigenvalue weighted by molar-refractivity contribution is 0.180. The average molecular weight is 178 g/mol. The fraction of sp³-hybridized carbons (Fsp3) is 0.875. The van der Waals surface area contributed by atoms with Crippen LogP contribution in [0.1, 0.15) is 20.8 Å². The molecule has 0 aromatic rings. The number of hydrogen-bond donors (Lipinski definition) is 0. The van der Waals surface area contributed by atoms with Gasteiger partial charge >= 0.3 is 5.30 Å². The number of ether oxygens (including phenoxy) is 1. The normalized spacial score (nSPS) is 13.3. The molecule has 2 nitrogen and oxygen atoms in total. The van der Waals surface area contributed by atoms with Crippen molar-refractivity contribution in [3.63, 3.8) is 0 Å². The number of rotatable bonds is 2. The minimum absolute atomic E-state index is 0.0185. The van der Waals surface area contributed by atoms with Gasteiger partial charge in [-0.25, -0.2) is 4.79 Å². The highest BCUT2D eigenvalue weighted by atomic mass is 32.3. The van der Waals surface area contributed by atoms with Crippen LogP contribution in [0.25, 0.3) is 0 Å². The Morgan fingerprint density at radius 1 is 1.45 bits per heavy atom. The molecule has 0 amide bonds. The molecular weight excluding hydrogens is 160 g/mol. The smallest absolute Gasteiger partial charge is 0.349 e. The second kappa shape index (κ2) is 4.00. The van der Waals surface area contributed by atoms with Crippen molar-refractivity contribution in [2.45, 2.75) is 26.0 Å². The van der Waals surface area contributed by atoms with E-state index in [0.717, 1.165) is 0 Å². The van der Waals surface area contributed by atoms with Crippen LogP contribution in [-0.4, -0.2) is 29.7 Å². The third-order valence-corrected chi connectivity index (χ3v) is 5.20. The molecule has 0 aliphatic heterocycles. The van der Waals surface area contributed by atoms with E-state index in [-0.39, 0.29) is 5.30 Å². The first-order chi connectivity index (χ1) is 4.92. The summed E-state index contributed by atoms with van der Waals surface area (Å²) >= 11 is 0. The van der Waals surface area contributed by atoms with Crippen LogP contribution >= 0.6 is 10.0 Å². The predicted octanol–water partition coefficient (Wildman–Crippen LogP) is 2.62. The zero-order valence-electron chi connectivity index (χ0n) is 8.01. The van der Waals surface area contributed by atoms with E-state index in [9.17, 15) is 4.79 Å². The minimum atomic E-state index is -1.20. The van der Waals surface area contributed by atoms with Gasteiger partial charge in [0.25, 0.3) is 0 Å². The molecule has 0 N–H and O–H groups in total. The molecule has 0 unspecified atom stereocenters. The Morgan fingerprint density at radius 3 is 2.18 bits per heavy atom. The third kappa shape index (κ3) is 2.73. The van der Waals surface area contributed by atoms with Crippen LogP contribution in [0.3, 0.4) is 0 Å². The van der Waals surface area contributed by atoms with Crippen molar-refractivity contribution < 1.29 is 9.53 Å². The molecule has 0 atom stereocenters. The fourth-order valence-corrected chi connectivity index (χ4v) is 1.27. The Hall–Kier alpha value is -0.180. The van der Waals surface area contributed by atoms with E-state index in [1.54, 1.807) is 0 Å². The molecule has 0 bridgehead atoms. The van der Waals surface area contributed by atoms with Crippen LogP contribution in [0.15, 0.2) is 0 Å². The molecule has 0 aliphatic carbocycles. The number of carbonyl (C=O) groups is 1. The summed E-state index contributed by atoms with van der Waals surface area (Å²) in [5, 5.41) is 0.386. The van der Waals surface area contributed by atoms with Crippen molar-refractivity contribution in [3.05, 3.63) is 0 Å². The first-order valence-electron chi connectivity index (χ1n) is 3.82. The van der Waals surface area contributed by atoms with Gasteiger partial charge in [-0.1, -0.05) is 13.8 Å². The molecular formula is C8H18O2S. The molecule has 11 heavy (non-hydrogen) atoms. The highest BCUT2D eigenvalue weighted by Crippen LogP contribution is 2.46. The fourth-order valence-electron chi connectivity index (χ4n) is 0.462. The van der Waals surface area contributed by atoms with Gasteiger partial charge in [0.15, 0.2) is 0 Å². The van der Waals surface area contributed by atoms with Crippen LogP contribution in [0.2, 0.25) is 0 Å². The van der Waals surface area contributed by atoms with E-state index in [0.29, 0.717) is 11.9 Å². The number of carbonyl (C=O) groups excluding carboxylic acids is 1. The molecule has 0 aliphatic rings. The molecule has 0 saturated carbocycles. The van der Waals surface area contributed by atoms with E-state index in [1.807, 2.05) is 19.4 Å². The first kappa shape index (κ1) is 10.8. The van der Waals surface area contributed by atoms with Crippen LogP contribution in [0.4, 0.5) is 4.79 Å². The Morgan fingerprint density at radius 2 is 1.91 bits per heavy atom. The Balaban J connectivity index is 4.18. The van der Waals surface area contributed by atoms with E-state index in [1.165, 1.54) is 0 Å². The van der Waals surface area contributed by atoms with Crippen molar-refractivity contribution in [1.29, 1.82) is 0 Å². The lowest BCUT2D eigenvalue weighted by Gasteiger charge is -2.32. The topological polar surface area (TPSA) is 26.3 Å². The lowest BCUT2D eigenvalue weighted by Crippen LogP contribution is -2.19. The van der Waals surface area contributed by atoms with Crippen LogP contribution in [0, 0.1) is 0 Å². The summed E-state index contributed by atoms with van der Waals surface area (Å²) in [4.78, 5) is 11.3. The molecule has 0 rings (SSSR count). The third-order valence-electron chi connectivity index (χ3n) is 1.87. The maximum Gasteiger partial charge on any atom is 0.349 e. The number of hydrogen-bond acceptors (Lipinski definition) is 2. The lowest BCUT2D eigenvalue weighted by atomic mass is 10.6. The second-order valence-corrected chi connectivity index (χ2v) is 7.23. The van der Waals surface area contributed by atoms with E-state index in [2.05, 4.69) is 13.8 Å². The van der Waals surface area contributed by atoms with Gasteiger partial charge < -0.3 is 4.74 Å². The SMILES string of the molecule is CCOC(=O)S(C)(C)C(C)C. The summed E-state index contributed by atoms with van der Waals surface area (Å²) in [5.74, 6) is 0. The molecule has 0 fully saturated rings. The zero-order valence-corrected chi connectivity index (χ0v) is 8.83. The maximum atomic E-state index is 11.3. The molecule has 3 heteroatoms. The molecule has 68 valence electrons. The summed E-state index contributed by atoms with van der Waals surface area (Å²) in [7, 11) is -1.20. The molecule has 0 saturated heterocycles. The minimum Gasteiger partial charge on any atom is -0.459 e. The van der Waals surface area contributed by atoms with Gasteiger partial charge in [-0.15, -0.1) is 10.0 Å².